The van der Waals surface area contributed by atoms with Crippen LogP contribution < -0.4 is 5.73 Å². The molecule has 2 aromatic carbocycles. The van der Waals surface area contributed by atoms with Crippen LogP contribution in [0.2, 0.25) is 0 Å². The number of aromatic nitrogens is 3. The molecule has 0 radical (unpaired) electrons. The number of para-hydroxylation sites is 1. The minimum Gasteiger partial charge on any atom is -0.399 e. The van der Waals surface area contributed by atoms with E-state index < -0.39 is 7.60 Å². The van der Waals surface area contributed by atoms with Crippen LogP contribution in [-0.2, 0) is 10.7 Å². The lowest BCUT2D eigenvalue weighted by Crippen LogP contribution is -2.00. The third-order valence-corrected chi connectivity index (χ3v) is 4.04. The molecular formula is C15H15N4O3P. The molecule has 0 bridgehead atoms. The van der Waals surface area contributed by atoms with E-state index in [0.29, 0.717) is 22.6 Å². The van der Waals surface area contributed by atoms with E-state index >= 15 is 0 Å². The fourth-order valence-corrected chi connectivity index (χ4v) is 3.01. The molecule has 3 rings (SSSR count). The van der Waals surface area contributed by atoms with Gasteiger partial charge in [-0.1, -0.05) is 35.5 Å². The molecule has 0 unspecified atom stereocenters. The van der Waals surface area contributed by atoms with Crippen molar-refractivity contribution in [2.24, 2.45) is 0 Å². The molecule has 4 N–H and O–H groups in total. The fraction of sp³-hybridized carbons (Fsp3) is 0.0667. The van der Waals surface area contributed by atoms with Gasteiger partial charge in [0.25, 0.3) is 0 Å². The van der Waals surface area contributed by atoms with Gasteiger partial charge < -0.3 is 15.5 Å². The minimum absolute atomic E-state index is 0.351. The molecule has 0 atom stereocenters. The zero-order valence-corrected chi connectivity index (χ0v) is 13.0. The third kappa shape index (κ3) is 3.65. The van der Waals surface area contributed by atoms with Crippen LogP contribution in [0.25, 0.3) is 16.9 Å². The van der Waals surface area contributed by atoms with Crippen LogP contribution in [0.3, 0.4) is 0 Å². The first-order valence-corrected chi connectivity index (χ1v) is 8.63. The highest BCUT2D eigenvalue weighted by Crippen LogP contribution is 2.40. The second kappa shape index (κ2) is 5.96. The summed E-state index contributed by atoms with van der Waals surface area (Å²) in [4.78, 5) is 18.4. The highest BCUT2D eigenvalue weighted by Gasteiger charge is 2.18. The first-order valence-electron chi connectivity index (χ1n) is 6.83. The quantitative estimate of drug-likeness (QED) is 0.499. The number of benzene rings is 2. The van der Waals surface area contributed by atoms with E-state index in [0.717, 1.165) is 5.56 Å². The molecule has 0 saturated heterocycles. The summed E-state index contributed by atoms with van der Waals surface area (Å²) < 4.78 is 12.8. The highest BCUT2D eigenvalue weighted by atomic mass is 31.2. The standard InChI is InChI=1S/C15H15N4O3P/c16-13-6-3-5-11(8-13)14-9-19(18-17-14)15-7-2-1-4-12(15)10-23(20,21)22/h1-9H,10,16H2,(H2,20,21,22). The van der Waals surface area contributed by atoms with Gasteiger partial charge in [0.15, 0.2) is 0 Å². The fourth-order valence-electron chi connectivity index (χ4n) is 2.30. The van der Waals surface area contributed by atoms with Crippen LogP contribution in [0.1, 0.15) is 5.56 Å². The van der Waals surface area contributed by atoms with Crippen molar-refractivity contribution >= 4 is 13.3 Å². The van der Waals surface area contributed by atoms with Crippen LogP contribution in [0.15, 0.2) is 54.7 Å². The maximum Gasteiger partial charge on any atom is 0.329 e. The molecule has 8 heteroatoms. The van der Waals surface area contributed by atoms with Gasteiger partial charge >= 0.3 is 7.60 Å². The first kappa shape index (κ1) is 15.4. The molecule has 0 aliphatic carbocycles. The van der Waals surface area contributed by atoms with E-state index in [1.165, 1.54) is 4.68 Å². The van der Waals surface area contributed by atoms with Crippen LogP contribution in [0.4, 0.5) is 5.69 Å². The molecule has 0 amide bonds. The summed E-state index contributed by atoms with van der Waals surface area (Å²) in [5, 5.41) is 8.16. The topological polar surface area (TPSA) is 114 Å². The van der Waals surface area contributed by atoms with Crippen LogP contribution in [-0.4, -0.2) is 24.8 Å². The number of hydrogen-bond acceptors (Lipinski definition) is 4. The van der Waals surface area contributed by atoms with Gasteiger partial charge in [0.05, 0.1) is 18.0 Å². The zero-order chi connectivity index (χ0) is 16.4. The van der Waals surface area contributed by atoms with Gasteiger partial charge in [0, 0.05) is 11.3 Å². The van der Waals surface area contributed by atoms with E-state index in [1.54, 1.807) is 42.6 Å². The zero-order valence-electron chi connectivity index (χ0n) is 12.1. The van der Waals surface area contributed by atoms with Crippen LogP contribution in [0, 0.1) is 0 Å². The Morgan fingerprint density at radius 1 is 1.13 bits per heavy atom. The molecule has 0 aliphatic heterocycles. The van der Waals surface area contributed by atoms with Crippen molar-refractivity contribution in [3.05, 3.63) is 60.3 Å². The lowest BCUT2D eigenvalue weighted by Gasteiger charge is -2.09. The Kier molecular flexibility index (Phi) is 4.00. The lowest BCUT2D eigenvalue weighted by molar-refractivity contribution is 0.371. The van der Waals surface area contributed by atoms with Crippen molar-refractivity contribution < 1.29 is 14.4 Å². The van der Waals surface area contributed by atoms with Crippen molar-refractivity contribution in [2.45, 2.75) is 6.16 Å². The smallest absolute Gasteiger partial charge is 0.329 e. The summed E-state index contributed by atoms with van der Waals surface area (Å²) in [6, 6.07) is 14.2. The Bertz CT molecular complexity index is 888. The van der Waals surface area contributed by atoms with Crippen molar-refractivity contribution in [3.8, 4) is 16.9 Å². The lowest BCUT2D eigenvalue weighted by atomic mass is 10.1. The monoisotopic (exact) mass is 330 g/mol. The van der Waals surface area contributed by atoms with Crippen molar-refractivity contribution in [2.75, 3.05) is 5.73 Å². The molecule has 1 heterocycles. The molecular weight excluding hydrogens is 315 g/mol. The molecule has 0 fully saturated rings. The maximum absolute atomic E-state index is 11.3. The number of rotatable bonds is 4. The molecule has 0 saturated carbocycles. The average Bonchev–Trinajstić information content (AvgIpc) is 2.96. The average molecular weight is 330 g/mol. The van der Waals surface area contributed by atoms with Crippen LogP contribution >= 0.6 is 7.60 Å². The second-order valence-corrected chi connectivity index (χ2v) is 6.77. The van der Waals surface area contributed by atoms with Gasteiger partial charge in [0.2, 0.25) is 0 Å². The normalized spacial score (nSPS) is 11.6. The van der Waals surface area contributed by atoms with E-state index in [-0.39, 0.29) is 6.16 Å². The van der Waals surface area contributed by atoms with Gasteiger partial charge in [-0.15, -0.1) is 5.10 Å². The van der Waals surface area contributed by atoms with Gasteiger partial charge in [-0.05, 0) is 23.8 Å². The van der Waals surface area contributed by atoms with E-state index in [4.69, 9.17) is 5.73 Å². The van der Waals surface area contributed by atoms with Gasteiger partial charge in [-0.3, -0.25) is 4.57 Å². The Balaban J connectivity index is 2.00. The molecule has 0 aliphatic rings. The molecule has 118 valence electrons. The summed E-state index contributed by atoms with van der Waals surface area (Å²) in [6.45, 7) is 0. The summed E-state index contributed by atoms with van der Waals surface area (Å²) in [5.74, 6) is 0. The first-order chi connectivity index (χ1) is 10.9. The van der Waals surface area contributed by atoms with E-state index in [9.17, 15) is 14.4 Å². The number of nitrogens with zero attached hydrogens (tertiary/aromatic N) is 3. The largest absolute Gasteiger partial charge is 0.399 e. The molecule has 7 nitrogen and oxygen atoms in total. The summed E-state index contributed by atoms with van der Waals surface area (Å²) >= 11 is 0. The maximum atomic E-state index is 11.3. The van der Waals surface area contributed by atoms with Gasteiger partial charge in [0.1, 0.15) is 5.69 Å². The Labute approximate surface area is 132 Å². The van der Waals surface area contributed by atoms with E-state index in [1.807, 2.05) is 12.1 Å². The SMILES string of the molecule is Nc1cccc(-c2cn(-c3ccccc3CP(=O)(O)O)nn2)c1. The predicted octanol–water partition coefficient (Wildman–Crippen LogP) is 2.19. The van der Waals surface area contributed by atoms with Crippen molar-refractivity contribution in [1.82, 2.24) is 15.0 Å². The molecule has 3 aromatic rings. The van der Waals surface area contributed by atoms with Crippen molar-refractivity contribution in [1.29, 1.82) is 0 Å². The second-order valence-electron chi connectivity index (χ2n) is 5.13. The highest BCUT2D eigenvalue weighted by molar-refractivity contribution is 7.50. The number of hydrogen-bond donors (Lipinski definition) is 3. The number of anilines is 1. The van der Waals surface area contributed by atoms with Crippen LogP contribution in [0.5, 0.6) is 0 Å². The van der Waals surface area contributed by atoms with Crippen molar-refractivity contribution in [3.63, 3.8) is 0 Å². The molecule has 1 aromatic heterocycles. The van der Waals surface area contributed by atoms with E-state index in [2.05, 4.69) is 10.3 Å². The Morgan fingerprint density at radius 2 is 1.91 bits per heavy atom. The summed E-state index contributed by atoms with van der Waals surface area (Å²) in [5.41, 5.74) is 8.93. The number of nitrogen functional groups attached to an aromatic ring is 1. The van der Waals surface area contributed by atoms with Gasteiger partial charge in [-0.2, -0.15) is 0 Å². The molecule has 0 spiro atoms. The summed E-state index contributed by atoms with van der Waals surface area (Å²) in [7, 11) is -4.17. The minimum atomic E-state index is -4.17. The summed E-state index contributed by atoms with van der Waals surface area (Å²) in [6.07, 6.45) is 1.35. The Morgan fingerprint density at radius 3 is 2.65 bits per heavy atom. The predicted molar refractivity (Wildman–Crippen MR) is 87.0 cm³/mol. The third-order valence-electron chi connectivity index (χ3n) is 3.29. The Hall–Kier alpha value is -2.47. The molecule has 23 heavy (non-hydrogen) atoms. The van der Waals surface area contributed by atoms with Gasteiger partial charge in [-0.25, -0.2) is 4.68 Å². The number of nitrogens with two attached hydrogens (primary N) is 1.